The zero-order valence-electron chi connectivity index (χ0n) is 18.5. The first-order valence-electron chi connectivity index (χ1n) is 10.9. The van der Waals surface area contributed by atoms with Crippen LogP contribution in [0.2, 0.25) is 0 Å². The van der Waals surface area contributed by atoms with E-state index in [1.807, 2.05) is 25.1 Å². The number of rotatable bonds is 4. The lowest BCUT2D eigenvalue weighted by Crippen LogP contribution is -2.33. The number of benzene rings is 2. The van der Waals surface area contributed by atoms with Crippen molar-refractivity contribution in [2.24, 2.45) is 11.8 Å². The molecule has 0 N–H and O–H groups in total. The van der Waals surface area contributed by atoms with Crippen LogP contribution in [0.1, 0.15) is 39.2 Å². The Morgan fingerprint density at radius 1 is 1.16 bits per heavy atom. The number of aryl methyl sites for hydroxylation is 1. The number of carbonyl (C=O) groups excluding carboxylic acids is 1. The molecule has 4 rings (SSSR count). The van der Waals surface area contributed by atoms with Crippen LogP contribution in [-0.4, -0.2) is 29.0 Å². The van der Waals surface area contributed by atoms with E-state index in [9.17, 15) is 4.79 Å². The monoisotopic (exact) mass is 421 g/mol. The third-order valence-electron chi connectivity index (χ3n) is 5.80. The number of carbonyl (C=O) groups is 1. The fourth-order valence-corrected chi connectivity index (χ4v) is 3.83. The standard InChI is InChI=1S/C25H28FN3O2/c1-15(2)25(30)31-21-7-5-6-19(26)22(21)23-27-20-14-17(4)8-9-18(20)24(28-23)29-12-10-16(3)11-13-29/h5-9,14-16H,10-13H2,1-4H3. The van der Waals surface area contributed by atoms with Crippen molar-refractivity contribution in [1.29, 1.82) is 0 Å². The van der Waals surface area contributed by atoms with Gasteiger partial charge in [-0.2, -0.15) is 0 Å². The van der Waals surface area contributed by atoms with E-state index in [0.717, 1.165) is 48.2 Å². The van der Waals surface area contributed by atoms with Crippen LogP contribution < -0.4 is 9.64 Å². The number of fused-ring (bicyclic) bond motifs is 1. The second kappa shape index (κ2) is 8.61. The molecule has 3 aromatic rings. The Hall–Kier alpha value is -3.02. The molecular formula is C25H28FN3O2. The molecule has 0 unspecified atom stereocenters. The molecule has 1 aromatic heterocycles. The van der Waals surface area contributed by atoms with Crippen LogP contribution in [0.15, 0.2) is 36.4 Å². The molecule has 2 heterocycles. The molecule has 31 heavy (non-hydrogen) atoms. The normalized spacial score (nSPS) is 15.0. The molecular weight excluding hydrogens is 393 g/mol. The first-order chi connectivity index (χ1) is 14.8. The average molecular weight is 422 g/mol. The van der Waals surface area contributed by atoms with Gasteiger partial charge >= 0.3 is 5.97 Å². The van der Waals surface area contributed by atoms with E-state index in [1.54, 1.807) is 19.9 Å². The fraction of sp³-hybridized carbons (Fsp3) is 0.400. The highest BCUT2D eigenvalue weighted by Gasteiger charge is 2.24. The number of ether oxygens (including phenoxy) is 1. The van der Waals surface area contributed by atoms with Crippen LogP contribution in [-0.2, 0) is 4.79 Å². The zero-order valence-corrected chi connectivity index (χ0v) is 18.5. The molecule has 0 atom stereocenters. The van der Waals surface area contributed by atoms with Crippen molar-refractivity contribution in [3.05, 3.63) is 47.8 Å². The summed E-state index contributed by atoms with van der Waals surface area (Å²) in [5.41, 5.74) is 1.94. The molecule has 1 aliphatic heterocycles. The van der Waals surface area contributed by atoms with Crippen molar-refractivity contribution >= 4 is 22.7 Å². The summed E-state index contributed by atoms with van der Waals surface area (Å²) < 4.78 is 20.5. The summed E-state index contributed by atoms with van der Waals surface area (Å²) in [4.78, 5) is 24.0. The Balaban J connectivity index is 1.88. The van der Waals surface area contributed by atoms with Gasteiger partial charge in [0.15, 0.2) is 5.82 Å². The quantitative estimate of drug-likeness (QED) is 0.409. The Bertz CT molecular complexity index is 1120. The van der Waals surface area contributed by atoms with E-state index >= 15 is 4.39 Å². The summed E-state index contributed by atoms with van der Waals surface area (Å²) in [7, 11) is 0. The van der Waals surface area contributed by atoms with Gasteiger partial charge in [-0.05, 0) is 55.5 Å². The minimum Gasteiger partial charge on any atom is -0.425 e. The maximum Gasteiger partial charge on any atom is 0.313 e. The summed E-state index contributed by atoms with van der Waals surface area (Å²) in [6.45, 7) is 9.54. The molecule has 0 bridgehead atoms. The number of hydrogen-bond donors (Lipinski definition) is 0. The van der Waals surface area contributed by atoms with Gasteiger partial charge in [-0.1, -0.05) is 32.9 Å². The van der Waals surface area contributed by atoms with Gasteiger partial charge in [-0.25, -0.2) is 14.4 Å². The lowest BCUT2D eigenvalue weighted by molar-refractivity contribution is -0.137. The molecule has 1 saturated heterocycles. The fourth-order valence-electron chi connectivity index (χ4n) is 3.83. The molecule has 5 nitrogen and oxygen atoms in total. The molecule has 1 fully saturated rings. The second-order valence-corrected chi connectivity index (χ2v) is 8.75. The summed E-state index contributed by atoms with van der Waals surface area (Å²) in [6.07, 6.45) is 2.17. The Labute approximate surface area is 182 Å². The molecule has 0 spiro atoms. The summed E-state index contributed by atoms with van der Waals surface area (Å²) in [6, 6.07) is 10.5. The van der Waals surface area contributed by atoms with Gasteiger partial charge in [0.1, 0.15) is 17.4 Å². The Morgan fingerprint density at radius 3 is 2.61 bits per heavy atom. The number of esters is 1. The number of anilines is 1. The summed E-state index contributed by atoms with van der Waals surface area (Å²) in [5.74, 6) is 0.589. The van der Waals surface area contributed by atoms with Crippen LogP contribution in [0.5, 0.6) is 5.75 Å². The average Bonchev–Trinajstić information content (AvgIpc) is 2.73. The minimum absolute atomic E-state index is 0.117. The van der Waals surface area contributed by atoms with Crippen molar-refractivity contribution < 1.29 is 13.9 Å². The number of piperidine rings is 1. The summed E-state index contributed by atoms with van der Waals surface area (Å²) >= 11 is 0. The number of aromatic nitrogens is 2. The van der Waals surface area contributed by atoms with Gasteiger partial charge in [0.05, 0.1) is 17.0 Å². The molecule has 0 saturated carbocycles. The number of nitrogens with zero attached hydrogens (tertiary/aromatic N) is 3. The van der Waals surface area contributed by atoms with Gasteiger partial charge in [-0.15, -0.1) is 0 Å². The lowest BCUT2D eigenvalue weighted by Gasteiger charge is -2.32. The van der Waals surface area contributed by atoms with E-state index in [-0.39, 0.29) is 23.1 Å². The van der Waals surface area contributed by atoms with Crippen LogP contribution in [0.25, 0.3) is 22.3 Å². The third-order valence-corrected chi connectivity index (χ3v) is 5.80. The largest absolute Gasteiger partial charge is 0.425 e. The zero-order chi connectivity index (χ0) is 22.1. The van der Waals surface area contributed by atoms with Gasteiger partial charge in [-0.3, -0.25) is 4.79 Å². The van der Waals surface area contributed by atoms with Crippen LogP contribution in [0.3, 0.4) is 0 Å². The third kappa shape index (κ3) is 4.38. The smallest absolute Gasteiger partial charge is 0.313 e. The molecule has 2 aromatic carbocycles. The van der Waals surface area contributed by atoms with Crippen LogP contribution in [0, 0.1) is 24.6 Å². The van der Waals surface area contributed by atoms with Crippen molar-refractivity contribution in [3.8, 4) is 17.1 Å². The first kappa shape index (κ1) is 21.2. The topological polar surface area (TPSA) is 55.3 Å². The summed E-state index contributed by atoms with van der Waals surface area (Å²) in [5, 5.41) is 0.945. The lowest BCUT2D eigenvalue weighted by atomic mass is 9.99. The van der Waals surface area contributed by atoms with E-state index in [0.29, 0.717) is 5.92 Å². The minimum atomic E-state index is -0.515. The van der Waals surface area contributed by atoms with Crippen molar-refractivity contribution in [3.63, 3.8) is 0 Å². The SMILES string of the molecule is Cc1ccc2c(N3CCC(C)CC3)nc(-c3c(F)cccc3OC(=O)C(C)C)nc2c1. The van der Waals surface area contributed by atoms with Gasteiger partial charge < -0.3 is 9.64 Å². The Morgan fingerprint density at radius 2 is 1.90 bits per heavy atom. The molecule has 6 heteroatoms. The molecule has 0 aliphatic carbocycles. The van der Waals surface area contributed by atoms with E-state index < -0.39 is 11.8 Å². The number of halogens is 1. The molecule has 0 radical (unpaired) electrons. The maximum absolute atomic E-state index is 15.0. The predicted octanol–water partition coefficient (Wildman–Crippen LogP) is 5.54. The molecule has 1 aliphatic rings. The predicted molar refractivity (Wildman–Crippen MR) is 121 cm³/mol. The first-order valence-corrected chi connectivity index (χ1v) is 10.9. The molecule has 0 amide bonds. The van der Waals surface area contributed by atoms with E-state index in [2.05, 4.69) is 16.8 Å². The van der Waals surface area contributed by atoms with Crippen LogP contribution in [0.4, 0.5) is 10.2 Å². The second-order valence-electron chi connectivity index (χ2n) is 8.75. The highest BCUT2D eigenvalue weighted by atomic mass is 19.1. The van der Waals surface area contributed by atoms with Gasteiger partial charge in [0.25, 0.3) is 0 Å². The van der Waals surface area contributed by atoms with Gasteiger partial charge in [0, 0.05) is 18.5 Å². The molecule has 162 valence electrons. The highest BCUT2D eigenvalue weighted by Crippen LogP contribution is 2.35. The van der Waals surface area contributed by atoms with E-state index in [4.69, 9.17) is 9.72 Å². The van der Waals surface area contributed by atoms with Crippen LogP contribution >= 0.6 is 0 Å². The van der Waals surface area contributed by atoms with Crippen molar-refractivity contribution in [1.82, 2.24) is 9.97 Å². The maximum atomic E-state index is 15.0. The van der Waals surface area contributed by atoms with Crippen molar-refractivity contribution in [2.75, 3.05) is 18.0 Å². The number of hydrogen-bond acceptors (Lipinski definition) is 5. The Kier molecular flexibility index (Phi) is 5.90. The van der Waals surface area contributed by atoms with E-state index in [1.165, 1.54) is 12.1 Å². The van der Waals surface area contributed by atoms with Gasteiger partial charge in [0.2, 0.25) is 0 Å². The van der Waals surface area contributed by atoms with Crippen molar-refractivity contribution in [2.45, 2.75) is 40.5 Å². The highest BCUT2D eigenvalue weighted by molar-refractivity contribution is 5.92.